The van der Waals surface area contributed by atoms with E-state index in [9.17, 15) is 15.2 Å². The van der Waals surface area contributed by atoms with E-state index >= 15 is 0 Å². The lowest BCUT2D eigenvalue weighted by atomic mass is 10.2. The van der Waals surface area contributed by atoms with E-state index in [1.165, 1.54) is 10.8 Å². The van der Waals surface area contributed by atoms with Crippen LogP contribution in [0.2, 0.25) is 0 Å². The van der Waals surface area contributed by atoms with Crippen LogP contribution in [0, 0.1) is 17.0 Å². The molecule has 1 aromatic heterocycles. The number of rotatable bonds is 5. The molecular formula is C12H21IN4O4. The molecule has 2 rings (SSSR count). The molecule has 2 heterocycles. The van der Waals surface area contributed by atoms with Gasteiger partial charge in [-0.05, 0) is 4.92 Å². The molecule has 8 nitrogen and oxygen atoms in total. The van der Waals surface area contributed by atoms with Crippen molar-refractivity contribution in [1.82, 2.24) is 9.55 Å². The van der Waals surface area contributed by atoms with Gasteiger partial charge >= 0.3 is 5.82 Å². The third kappa shape index (κ3) is 4.59. The van der Waals surface area contributed by atoms with Crippen molar-refractivity contribution < 1.29 is 43.2 Å². The van der Waals surface area contributed by atoms with Gasteiger partial charge in [0.1, 0.15) is 38.5 Å². The van der Waals surface area contributed by atoms with Crippen LogP contribution in [-0.2, 0) is 11.3 Å². The lowest BCUT2D eigenvalue weighted by molar-refractivity contribution is -0.919. The van der Waals surface area contributed by atoms with E-state index in [1.807, 2.05) is 0 Å². The van der Waals surface area contributed by atoms with Crippen molar-refractivity contribution in [3.05, 3.63) is 22.1 Å². The van der Waals surface area contributed by atoms with Crippen molar-refractivity contribution in [2.45, 2.75) is 19.6 Å². The zero-order valence-electron chi connectivity index (χ0n) is 12.2. The molecule has 1 N–H and O–H groups in total. The molecular weight excluding hydrogens is 391 g/mol. The number of hydrogen-bond donors (Lipinski definition) is 1. The Morgan fingerprint density at radius 2 is 2.19 bits per heavy atom. The fourth-order valence-electron chi connectivity index (χ4n) is 2.57. The Labute approximate surface area is 140 Å². The Hall–Kier alpha value is -0.780. The first-order valence-electron chi connectivity index (χ1n) is 6.67. The number of nitrogens with zero attached hydrogens (tertiary/aromatic N) is 4. The van der Waals surface area contributed by atoms with Crippen molar-refractivity contribution in [2.24, 2.45) is 0 Å². The van der Waals surface area contributed by atoms with E-state index in [0.717, 1.165) is 17.6 Å². The molecule has 0 aliphatic carbocycles. The van der Waals surface area contributed by atoms with Gasteiger partial charge in [-0.2, -0.15) is 0 Å². The van der Waals surface area contributed by atoms with Crippen molar-refractivity contribution in [1.29, 1.82) is 0 Å². The molecule has 1 saturated heterocycles. The average Bonchev–Trinajstić information content (AvgIpc) is 2.71. The van der Waals surface area contributed by atoms with Crippen LogP contribution in [0.15, 0.2) is 6.20 Å². The minimum absolute atomic E-state index is 0. The first-order chi connectivity index (χ1) is 9.41. The van der Waals surface area contributed by atoms with Crippen LogP contribution in [0.1, 0.15) is 5.82 Å². The summed E-state index contributed by atoms with van der Waals surface area (Å²) in [7, 11) is 2.07. The highest BCUT2D eigenvalue weighted by Crippen LogP contribution is 2.16. The molecule has 0 saturated carbocycles. The van der Waals surface area contributed by atoms with Crippen molar-refractivity contribution in [2.75, 3.05) is 39.9 Å². The Bertz CT molecular complexity index is 488. The smallest absolute Gasteiger partial charge is 0.342 e. The second-order valence-corrected chi connectivity index (χ2v) is 5.55. The van der Waals surface area contributed by atoms with Crippen LogP contribution in [0.5, 0.6) is 0 Å². The van der Waals surface area contributed by atoms with E-state index < -0.39 is 11.0 Å². The van der Waals surface area contributed by atoms with Crippen LogP contribution in [-0.4, -0.2) is 70.1 Å². The summed E-state index contributed by atoms with van der Waals surface area (Å²) < 4.78 is 7.50. The van der Waals surface area contributed by atoms with Gasteiger partial charge in [-0.25, -0.2) is 9.55 Å². The predicted octanol–water partition coefficient (Wildman–Crippen LogP) is -3.06. The van der Waals surface area contributed by atoms with Gasteiger partial charge in [-0.15, -0.1) is 0 Å². The molecule has 0 amide bonds. The zero-order valence-corrected chi connectivity index (χ0v) is 14.4. The molecule has 1 unspecified atom stereocenters. The fourth-order valence-corrected chi connectivity index (χ4v) is 2.57. The molecule has 1 aliphatic rings. The molecule has 0 spiro atoms. The summed E-state index contributed by atoms with van der Waals surface area (Å²) in [5, 5.41) is 21.2. The maximum absolute atomic E-state index is 10.9. The van der Waals surface area contributed by atoms with Gasteiger partial charge in [0.2, 0.25) is 0 Å². The number of aliphatic hydroxyl groups is 1. The summed E-state index contributed by atoms with van der Waals surface area (Å²) in [6.07, 6.45) is 0.581. The number of aryl methyl sites for hydroxylation is 1. The maximum atomic E-state index is 10.9. The Morgan fingerprint density at radius 1 is 1.57 bits per heavy atom. The number of nitro groups is 1. The predicted molar refractivity (Wildman–Crippen MR) is 71.2 cm³/mol. The first kappa shape index (κ1) is 18.3. The van der Waals surface area contributed by atoms with Crippen molar-refractivity contribution >= 4 is 5.82 Å². The van der Waals surface area contributed by atoms with Gasteiger partial charge in [-0.3, -0.25) is 0 Å². The summed E-state index contributed by atoms with van der Waals surface area (Å²) in [5.41, 5.74) is 0. The van der Waals surface area contributed by atoms with Gasteiger partial charge in [-0.1, -0.05) is 0 Å². The minimum Gasteiger partial charge on any atom is -1.00 e. The van der Waals surface area contributed by atoms with Crippen LogP contribution in [0.3, 0.4) is 0 Å². The van der Waals surface area contributed by atoms with E-state index in [-0.39, 0.29) is 36.3 Å². The molecule has 1 aromatic rings. The average molecular weight is 412 g/mol. The first-order valence-corrected chi connectivity index (χ1v) is 6.67. The van der Waals surface area contributed by atoms with Crippen LogP contribution >= 0.6 is 0 Å². The molecule has 9 heteroatoms. The lowest BCUT2D eigenvalue weighted by Gasteiger charge is -2.38. The zero-order chi connectivity index (χ0) is 14.8. The monoisotopic (exact) mass is 412 g/mol. The number of likely N-dealkylation sites (N-methyl/N-ethyl adjacent to an activating group) is 1. The third-order valence-corrected chi connectivity index (χ3v) is 3.82. The topological polar surface area (TPSA) is 90.4 Å². The number of ether oxygens (including phenoxy) is 1. The molecule has 0 radical (unpaired) electrons. The van der Waals surface area contributed by atoms with Gasteiger partial charge in [0.25, 0.3) is 0 Å². The highest BCUT2D eigenvalue weighted by atomic mass is 127. The number of aromatic nitrogens is 2. The summed E-state index contributed by atoms with van der Waals surface area (Å²) in [4.78, 5) is 14.4. The van der Waals surface area contributed by atoms with Crippen LogP contribution < -0.4 is 24.0 Å². The molecule has 21 heavy (non-hydrogen) atoms. The standard InChI is InChI=1S/C12H21N4O4.HI/c1-10-13-7-12(15(18)19)14(10)8-11(17)9-16(2)3-5-20-6-4-16;/h7,11,17H,3-6,8-9H2,1-2H3;1H/q+1;/p-1. The Kier molecular flexibility index (Phi) is 6.50. The van der Waals surface area contributed by atoms with E-state index in [1.54, 1.807) is 6.92 Å². The van der Waals surface area contributed by atoms with Gasteiger partial charge in [0, 0.05) is 6.92 Å². The maximum Gasteiger partial charge on any atom is 0.342 e. The van der Waals surface area contributed by atoms with Gasteiger partial charge in [0.15, 0.2) is 5.82 Å². The van der Waals surface area contributed by atoms with Crippen molar-refractivity contribution in [3.63, 3.8) is 0 Å². The highest BCUT2D eigenvalue weighted by molar-refractivity contribution is 5.18. The highest BCUT2D eigenvalue weighted by Gasteiger charge is 2.30. The van der Waals surface area contributed by atoms with Crippen LogP contribution in [0.25, 0.3) is 0 Å². The SMILES string of the molecule is Cc1ncc([N+](=O)[O-])n1CC(O)C[N+]1(C)CCOCC1.[I-]. The van der Waals surface area contributed by atoms with E-state index in [4.69, 9.17) is 4.74 Å². The number of imidazole rings is 1. The van der Waals surface area contributed by atoms with Crippen LogP contribution in [0.4, 0.5) is 5.82 Å². The Balaban J connectivity index is 0.00000220. The molecule has 1 fully saturated rings. The normalized spacial score (nSPS) is 18.8. The van der Waals surface area contributed by atoms with Crippen molar-refractivity contribution in [3.8, 4) is 0 Å². The second-order valence-electron chi connectivity index (χ2n) is 5.55. The third-order valence-electron chi connectivity index (χ3n) is 3.82. The minimum atomic E-state index is -0.648. The number of hydrogen-bond acceptors (Lipinski definition) is 5. The molecule has 0 aromatic carbocycles. The molecule has 1 atom stereocenters. The number of morpholine rings is 1. The lowest BCUT2D eigenvalue weighted by Crippen LogP contribution is -3.00. The summed E-state index contributed by atoms with van der Waals surface area (Å²) >= 11 is 0. The molecule has 0 bridgehead atoms. The quantitative estimate of drug-likeness (QED) is 0.240. The number of halogens is 1. The summed E-state index contributed by atoms with van der Waals surface area (Å²) in [5.74, 6) is 0.464. The van der Waals surface area contributed by atoms with Gasteiger partial charge < -0.3 is 48.4 Å². The molecule has 120 valence electrons. The second kappa shape index (κ2) is 7.47. The molecule has 1 aliphatic heterocycles. The number of quaternary nitrogens is 1. The fraction of sp³-hybridized carbons (Fsp3) is 0.750. The van der Waals surface area contributed by atoms with Gasteiger partial charge in [0.05, 0.1) is 20.3 Å². The number of aliphatic hydroxyl groups excluding tert-OH is 1. The summed E-state index contributed by atoms with van der Waals surface area (Å²) in [6.45, 7) is 5.52. The largest absolute Gasteiger partial charge is 1.00 e. The van der Waals surface area contributed by atoms with E-state index in [0.29, 0.717) is 25.6 Å². The Morgan fingerprint density at radius 3 is 2.76 bits per heavy atom. The van der Waals surface area contributed by atoms with E-state index in [2.05, 4.69) is 12.0 Å². The summed E-state index contributed by atoms with van der Waals surface area (Å²) in [6, 6.07) is 0.